The number of aliphatic carboxylic acids is 3. The molecule has 46 nitrogen and oxygen atoms in total. The number of aromatic nitrogens is 3. The molecular weight excluding hydrogens is 2040 g/mol. The summed E-state index contributed by atoms with van der Waals surface area (Å²) >= 11 is 14.1. The van der Waals surface area contributed by atoms with Crippen LogP contribution in [0, 0.1) is 84.4 Å². The first-order chi connectivity index (χ1) is 68.7. The number of rotatable bonds is 25. The molecular formula is C90H81B2ClN14O32S6. The number of amides is 7. The van der Waals surface area contributed by atoms with Crippen LogP contribution in [0.3, 0.4) is 0 Å². The van der Waals surface area contributed by atoms with Crippen molar-refractivity contribution in [1.29, 1.82) is 15.8 Å². The Bertz CT molecular complexity index is 6340. The van der Waals surface area contributed by atoms with Gasteiger partial charge in [-0.2, -0.15) is 15.8 Å². The number of ether oxygens (including phenoxy) is 4. The minimum absolute atomic E-state index is 0. The maximum atomic E-state index is 13.1. The van der Waals surface area contributed by atoms with Crippen LogP contribution in [0.5, 0.6) is 0 Å². The number of nitrogens with zero attached hydrogens (tertiary/aromatic N) is 13. The number of benzene rings is 4. The summed E-state index contributed by atoms with van der Waals surface area (Å²) in [5.41, 5.74) is -1.43. The Balaban J connectivity index is 0.000000174. The van der Waals surface area contributed by atoms with Gasteiger partial charge in [-0.1, -0.05) is 101 Å². The highest BCUT2D eigenvalue weighted by Gasteiger charge is 2.74. The molecule has 0 unspecified atom stereocenters. The van der Waals surface area contributed by atoms with Crippen molar-refractivity contribution in [3.63, 3.8) is 0 Å². The molecule has 4 aromatic carbocycles. The van der Waals surface area contributed by atoms with Crippen molar-refractivity contribution in [2.24, 2.45) is 39.9 Å². The van der Waals surface area contributed by atoms with Crippen molar-refractivity contribution in [2.75, 3.05) is 43.7 Å². The topological polar surface area (TPSA) is 674 Å². The first kappa shape index (κ1) is 112. The third-order valence-electron chi connectivity index (χ3n) is 22.2. The number of hydrogen-bond donors (Lipinski definition) is 5. The molecule has 0 spiro atoms. The standard InChI is InChI=1S/C23H25NO6S.C18H16BNO6S.C10H6N2O3.C9H7BClNO5S.2C8H7N3O3S.C8H5NO3.C6H5NO3S.H3N/c1-14(2)8-9-29-22(28)23-16(11-19(26)30-23)13-31-21-18(20(27)24(21)23)12-17(25)10-15-6-4-3-5-7-15;19-26-17(24)18-11(7-14(22)25-18)9-27-16-13(15(23)20(16)18)8-12(21)6-10-4-2-1-3-5-10;11-5-6-15-12-9(13)7-3-1-2-4-8(7)10(12)14;10-17-8(15)9-3(1-4(13)16-9)2-18-7-5(11)6(14)12(7)9;2*1-5-10-6(4-15-5)7(8(12)13)11-14-3-2-9;10-7-5-3-1-2-4-6(5)8(11)9(7)12;1-3-7-4(2-11-3)5(8)6(9)10;/h3-8,16,18,21H,9-13H2,1-2H3;1-5,11,13,16H,6-9H2;1-4H,6H2;3,5,7H,1-2H2;2*4H,3H2,1H3,(H,12,13);1-4,12H;2H,1H3,(H,9,10);1H3/b;;;;2*11-7-;;;/t16-,18+,21+,23+;11-,13+,16+,18+;;3-,5+,7+,9+;;;;;/m00.0...../s1. The third-order valence-corrected chi connectivity index (χ3v) is 29.4. The van der Waals surface area contributed by atoms with Crippen LogP contribution in [0.15, 0.2) is 147 Å². The number of carboxylic acid groups (broad SMARTS) is 3. The summed E-state index contributed by atoms with van der Waals surface area (Å²) < 4.78 is 29.8. The summed E-state index contributed by atoms with van der Waals surface area (Å²) in [5.74, 6) is -13.8. The molecule has 9 saturated heterocycles. The van der Waals surface area contributed by atoms with Crippen molar-refractivity contribution < 1.29 is 154 Å². The van der Waals surface area contributed by atoms with Crippen LogP contribution in [0.4, 0.5) is 0 Å². The molecule has 0 aliphatic carbocycles. The van der Waals surface area contributed by atoms with Gasteiger partial charge in [-0.15, -0.1) is 91.0 Å². The number of ketones is 3. The van der Waals surface area contributed by atoms with Crippen molar-refractivity contribution in [3.05, 3.63) is 202 Å². The molecule has 55 heteroatoms. The van der Waals surface area contributed by atoms with Gasteiger partial charge in [0.05, 0.1) is 85.2 Å². The van der Waals surface area contributed by atoms with Crippen LogP contribution in [0.25, 0.3) is 0 Å². The van der Waals surface area contributed by atoms with Gasteiger partial charge in [0.1, 0.15) is 58.1 Å². The molecule has 11 aliphatic rings. The number of halogens is 1. The highest BCUT2D eigenvalue weighted by molar-refractivity contribution is 8.00. The van der Waals surface area contributed by atoms with Crippen LogP contribution in [-0.4, -0.2) is 283 Å². The molecule has 0 saturated carbocycles. The number of esters is 4. The fraction of sp³-hybridized carbons (Fsp3) is 0.344. The third kappa shape index (κ3) is 24.8. The van der Waals surface area contributed by atoms with Crippen LogP contribution in [0.1, 0.15) is 135 Å². The van der Waals surface area contributed by atoms with Crippen molar-refractivity contribution in [1.82, 2.24) is 45.9 Å². The molecule has 752 valence electrons. The van der Waals surface area contributed by atoms with E-state index in [1.165, 1.54) is 102 Å². The molecule has 7 amide bonds. The average molecular weight is 2120 g/mol. The number of thioether (sulfide) groups is 3. The van der Waals surface area contributed by atoms with Gasteiger partial charge in [-0.25, -0.2) is 48.6 Å². The van der Waals surface area contributed by atoms with Gasteiger partial charge in [0.15, 0.2) is 6.61 Å². The molecule has 12 atom stereocenters. The molecule has 3 aromatic heterocycles. The number of thiazole rings is 3. The molecule has 18 rings (SSSR count). The lowest BCUT2D eigenvalue weighted by molar-refractivity contribution is -0.222. The fourth-order valence-electron chi connectivity index (χ4n) is 15.7. The van der Waals surface area contributed by atoms with Gasteiger partial charge < -0.3 is 59.4 Å². The monoisotopic (exact) mass is 2120 g/mol. The zero-order chi connectivity index (χ0) is 105. The second-order valence-corrected chi connectivity index (χ2v) is 38.8. The number of carbonyl (C=O) groups excluding carboxylic acids is 16. The van der Waals surface area contributed by atoms with Crippen LogP contribution < -0.4 is 6.15 Å². The number of carbonyl (C=O) groups is 19. The predicted octanol–water partition coefficient (Wildman–Crippen LogP) is 6.34. The van der Waals surface area contributed by atoms with E-state index < -0.39 is 152 Å². The number of imide groups is 2. The number of oxime groups is 2. The minimum Gasteiger partial charge on any atom is -0.539 e. The molecule has 0 bridgehead atoms. The Morgan fingerprint density at radius 2 is 0.841 bits per heavy atom. The number of hydroxylamine groups is 4. The zero-order valence-electron chi connectivity index (χ0n) is 76.5. The highest BCUT2D eigenvalue weighted by atomic mass is 35.5. The smallest absolute Gasteiger partial charge is 0.378 e. The molecule has 145 heavy (non-hydrogen) atoms. The number of Topliss-reactive ketones (excluding diaryl/α,β-unsaturated/α-hetero) is 3. The Morgan fingerprint density at radius 1 is 0.497 bits per heavy atom. The van der Waals surface area contributed by atoms with Crippen LogP contribution in [-0.2, 0) is 123 Å². The van der Waals surface area contributed by atoms with Crippen molar-refractivity contribution in [2.45, 2.75) is 118 Å². The molecule has 7 N–H and O–H groups in total. The van der Waals surface area contributed by atoms with E-state index in [-0.39, 0.29) is 150 Å². The summed E-state index contributed by atoms with van der Waals surface area (Å²) in [7, 11) is 9.93. The van der Waals surface area contributed by atoms with E-state index in [9.17, 15) is 91.1 Å². The van der Waals surface area contributed by atoms with E-state index in [4.69, 9.17) is 87.8 Å². The van der Waals surface area contributed by atoms with E-state index in [0.29, 0.717) is 38.5 Å². The maximum absolute atomic E-state index is 13.1. The Labute approximate surface area is 853 Å². The predicted molar refractivity (Wildman–Crippen MR) is 507 cm³/mol. The molecule has 9 fully saturated rings. The molecule has 7 aromatic rings. The lowest BCUT2D eigenvalue weighted by atomic mass is 9.84. The number of hydrogen-bond acceptors (Lipinski definition) is 44. The highest BCUT2D eigenvalue weighted by Crippen LogP contribution is 2.57. The van der Waals surface area contributed by atoms with Crippen molar-refractivity contribution in [3.8, 4) is 18.2 Å². The Kier molecular flexibility index (Phi) is 38.6. The second kappa shape index (κ2) is 49.9. The average Bonchev–Trinajstić information content (AvgIpc) is 1.64. The van der Waals surface area contributed by atoms with Gasteiger partial charge >= 0.3 is 69.8 Å². The number of aryl methyl sites for hydroxylation is 3. The van der Waals surface area contributed by atoms with Crippen LogP contribution >= 0.6 is 80.9 Å². The van der Waals surface area contributed by atoms with E-state index in [2.05, 4.69) is 44.2 Å². The van der Waals surface area contributed by atoms with Gasteiger partial charge in [-0.3, -0.25) is 82.2 Å². The first-order valence-electron chi connectivity index (χ1n) is 42.4. The number of allylic oxidation sites excluding steroid dienone is 1. The van der Waals surface area contributed by atoms with Gasteiger partial charge in [0, 0.05) is 76.8 Å². The van der Waals surface area contributed by atoms with Gasteiger partial charge in [0.25, 0.3) is 46.6 Å². The van der Waals surface area contributed by atoms with Crippen LogP contribution in [0.2, 0.25) is 0 Å². The fourth-order valence-corrected chi connectivity index (χ4v) is 22.7. The van der Waals surface area contributed by atoms with Gasteiger partial charge in [-0.05, 0) is 76.1 Å². The number of fused-ring (bicyclic) bond motifs is 11. The van der Waals surface area contributed by atoms with E-state index in [1.54, 1.807) is 92.2 Å². The number of nitriles is 3. The largest absolute Gasteiger partial charge is 0.539 e. The van der Waals surface area contributed by atoms with E-state index >= 15 is 0 Å². The summed E-state index contributed by atoms with van der Waals surface area (Å²) in [4.78, 5) is 252. The quantitative estimate of drug-likeness (QED) is 0.00332. The Hall–Kier alpha value is -14.8. The molecule has 11 aliphatic heterocycles. The van der Waals surface area contributed by atoms with E-state index in [0.717, 1.165) is 26.7 Å². The summed E-state index contributed by atoms with van der Waals surface area (Å²) in [6.07, 6.45) is 2.59. The molecule has 14 heterocycles. The summed E-state index contributed by atoms with van der Waals surface area (Å²) in [5, 5.41) is 71.7. The number of β-lactam (4-membered cyclic amide) rings is 3. The van der Waals surface area contributed by atoms with Crippen molar-refractivity contribution >= 4 is 221 Å². The Morgan fingerprint density at radius 3 is 1.18 bits per heavy atom. The summed E-state index contributed by atoms with van der Waals surface area (Å²) in [6, 6.07) is 36.4. The minimum atomic E-state index is -1.79. The normalized spacial score (nSPS) is 22.8. The zero-order valence-corrected chi connectivity index (χ0v) is 82.2. The second-order valence-electron chi connectivity index (χ2n) is 31.7. The lowest BCUT2D eigenvalue weighted by Crippen LogP contribution is -2.76. The van der Waals surface area contributed by atoms with Gasteiger partial charge in [0.2, 0.25) is 42.4 Å². The number of alkyl halides is 1. The first-order valence-corrected chi connectivity index (χ1v) is 48.6. The SMILES string of the molecule is CC(C)=CCOC(=O)[C@]12OC(=O)C[C@H]1CS[C@@H]1[C@H](CC(=O)Cc3ccccc3)C(=O)N12.Cc1nc(/C(=N/OCC#N)C(=O)O)cs1.Cc1nc(/C(=N/OCC#N)C(=O)O)cs1.Cc1nc(C(=O)C(=O)O)cs1.N.N#CCON1C(=O)c2ccccc2C1=O.O=C1c2ccccc2C(=O)N1O.[B]OC(=O)[C@]12OC(=O)C[C@H]1CS[C@@H]1[C@H](CC(=O)Cc3ccccc3)C(=O)N12.[B]OC(=O)[C@]12OC(=O)C[C@H]1CS[C@@H]1[C@H](Cl)C(=O)N12. The summed E-state index contributed by atoms with van der Waals surface area (Å²) in [6.45, 7) is 8.12. The van der Waals surface area contributed by atoms with E-state index in [1.807, 2.05) is 74.5 Å². The lowest BCUT2D eigenvalue weighted by Gasteiger charge is -2.57. The number of carboxylic acids is 3. The maximum Gasteiger partial charge on any atom is 0.378 e. The molecule has 4 radical (unpaired) electrons.